The average Bonchev–Trinajstić information content (AvgIpc) is 3.04. The van der Waals surface area contributed by atoms with Gasteiger partial charge in [0.15, 0.2) is 5.13 Å². The zero-order valence-corrected chi connectivity index (χ0v) is 14.6. The van der Waals surface area contributed by atoms with Crippen LogP contribution in [-0.2, 0) is 4.74 Å². The minimum Gasteiger partial charge on any atom is -0.465 e. The van der Waals surface area contributed by atoms with Gasteiger partial charge in [0.1, 0.15) is 0 Å². The third kappa shape index (κ3) is 3.46. The number of rotatable bonds is 4. The van der Waals surface area contributed by atoms with Gasteiger partial charge in [-0.05, 0) is 43.7 Å². The number of anilines is 2. The van der Waals surface area contributed by atoms with Crippen LogP contribution < -0.4 is 5.32 Å². The van der Waals surface area contributed by atoms with Gasteiger partial charge in [-0.25, -0.2) is 9.78 Å². The molecule has 1 N–H and O–H groups in total. The van der Waals surface area contributed by atoms with Gasteiger partial charge in [-0.15, -0.1) is 11.3 Å². The monoisotopic (exact) mass is 338 g/mol. The lowest BCUT2D eigenvalue weighted by molar-refractivity contribution is 0.0601. The van der Waals surface area contributed by atoms with Gasteiger partial charge in [-0.1, -0.05) is 23.8 Å². The van der Waals surface area contributed by atoms with Crippen LogP contribution in [0.1, 0.15) is 21.5 Å². The maximum Gasteiger partial charge on any atom is 0.337 e. The fourth-order valence-corrected chi connectivity index (χ4v) is 3.16. The predicted octanol–water partition coefficient (Wildman–Crippen LogP) is 4.96. The molecule has 0 bridgehead atoms. The molecule has 0 spiro atoms. The number of thiazole rings is 1. The number of esters is 1. The van der Waals surface area contributed by atoms with E-state index in [9.17, 15) is 4.79 Å². The Kier molecular flexibility index (Phi) is 4.62. The van der Waals surface area contributed by atoms with E-state index in [0.29, 0.717) is 5.56 Å². The smallest absolute Gasteiger partial charge is 0.337 e. The summed E-state index contributed by atoms with van der Waals surface area (Å²) in [7, 11) is 1.37. The second kappa shape index (κ2) is 6.84. The summed E-state index contributed by atoms with van der Waals surface area (Å²) in [5, 5.41) is 6.07. The van der Waals surface area contributed by atoms with E-state index in [-0.39, 0.29) is 5.97 Å². The molecule has 0 radical (unpaired) electrons. The van der Waals surface area contributed by atoms with Crippen molar-refractivity contribution in [3.8, 4) is 11.3 Å². The summed E-state index contributed by atoms with van der Waals surface area (Å²) in [6.07, 6.45) is 0. The first-order valence-electron chi connectivity index (χ1n) is 7.55. The maximum atomic E-state index is 11.6. The standard InChI is InChI=1S/C19H18N2O2S/c1-12-7-8-13(2)16(9-12)17-11-24-19(21-17)20-15-6-4-5-14(10-15)18(22)23-3/h4-11H,1-3H3,(H,20,21). The number of aryl methyl sites for hydroxylation is 2. The predicted molar refractivity (Wildman–Crippen MR) is 98.1 cm³/mol. The SMILES string of the molecule is COC(=O)c1cccc(Nc2nc(-c3cc(C)ccc3C)cs2)c1. The molecule has 0 aliphatic carbocycles. The molecular weight excluding hydrogens is 320 g/mol. The van der Waals surface area contributed by atoms with Crippen molar-refractivity contribution in [2.45, 2.75) is 13.8 Å². The van der Waals surface area contributed by atoms with Crippen molar-refractivity contribution in [1.29, 1.82) is 0 Å². The van der Waals surface area contributed by atoms with Crippen LogP contribution in [0.2, 0.25) is 0 Å². The van der Waals surface area contributed by atoms with Crippen molar-refractivity contribution in [2.75, 3.05) is 12.4 Å². The molecular formula is C19H18N2O2S. The van der Waals surface area contributed by atoms with Crippen molar-refractivity contribution < 1.29 is 9.53 Å². The Hall–Kier alpha value is -2.66. The van der Waals surface area contributed by atoms with Crippen molar-refractivity contribution in [3.05, 3.63) is 64.5 Å². The summed E-state index contributed by atoms with van der Waals surface area (Å²) in [4.78, 5) is 16.3. The lowest BCUT2D eigenvalue weighted by atomic mass is 10.0. The van der Waals surface area contributed by atoms with E-state index >= 15 is 0 Å². The topological polar surface area (TPSA) is 51.2 Å². The van der Waals surface area contributed by atoms with Gasteiger partial charge in [0.2, 0.25) is 0 Å². The molecule has 2 aromatic carbocycles. The molecule has 0 unspecified atom stereocenters. The quantitative estimate of drug-likeness (QED) is 0.683. The Bertz CT molecular complexity index is 887. The number of aromatic nitrogens is 1. The number of methoxy groups -OCH3 is 1. The second-order valence-electron chi connectivity index (χ2n) is 5.55. The average molecular weight is 338 g/mol. The first-order valence-corrected chi connectivity index (χ1v) is 8.43. The van der Waals surface area contributed by atoms with Crippen LogP contribution in [-0.4, -0.2) is 18.1 Å². The highest BCUT2D eigenvalue weighted by Crippen LogP contribution is 2.29. The van der Waals surface area contributed by atoms with E-state index in [2.05, 4.69) is 42.3 Å². The number of carbonyl (C=O) groups excluding carboxylic acids is 1. The summed E-state index contributed by atoms with van der Waals surface area (Å²) >= 11 is 1.54. The van der Waals surface area contributed by atoms with Crippen LogP contribution in [0.3, 0.4) is 0 Å². The molecule has 0 amide bonds. The Morgan fingerprint density at radius 1 is 1.17 bits per heavy atom. The van der Waals surface area contributed by atoms with Gasteiger partial charge in [-0.3, -0.25) is 0 Å². The molecule has 0 saturated heterocycles. The van der Waals surface area contributed by atoms with Crippen LogP contribution in [0.15, 0.2) is 47.8 Å². The Balaban J connectivity index is 1.84. The van der Waals surface area contributed by atoms with Gasteiger partial charge < -0.3 is 10.1 Å². The number of nitrogens with one attached hydrogen (secondary N) is 1. The van der Waals surface area contributed by atoms with Crippen molar-refractivity contribution in [3.63, 3.8) is 0 Å². The van der Waals surface area contributed by atoms with Gasteiger partial charge in [0.25, 0.3) is 0 Å². The third-order valence-electron chi connectivity index (χ3n) is 3.71. The van der Waals surface area contributed by atoms with E-state index in [4.69, 9.17) is 4.74 Å². The molecule has 0 aliphatic heterocycles. The summed E-state index contributed by atoms with van der Waals surface area (Å²) < 4.78 is 4.75. The fraction of sp³-hybridized carbons (Fsp3) is 0.158. The van der Waals surface area contributed by atoms with Crippen LogP contribution >= 0.6 is 11.3 Å². The van der Waals surface area contributed by atoms with Crippen molar-refractivity contribution in [2.24, 2.45) is 0 Å². The summed E-state index contributed by atoms with van der Waals surface area (Å²) in [5.41, 5.74) is 5.82. The highest BCUT2D eigenvalue weighted by atomic mass is 32.1. The van der Waals surface area contributed by atoms with Crippen LogP contribution in [0.4, 0.5) is 10.8 Å². The summed E-state index contributed by atoms with van der Waals surface area (Å²) in [6.45, 7) is 4.16. The fourth-order valence-electron chi connectivity index (χ4n) is 2.43. The Labute approximate surface area is 145 Å². The number of benzene rings is 2. The zero-order valence-electron chi connectivity index (χ0n) is 13.8. The molecule has 1 heterocycles. The lowest BCUT2D eigenvalue weighted by Gasteiger charge is -2.05. The number of ether oxygens (including phenoxy) is 1. The van der Waals surface area contributed by atoms with Gasteiger partial charge in [-0.2, -0.15) is 0 Å². The van der Waals surface area contributed by atoms with Crippen molar-refractivity contribution in [1.82, 2.24) is 4.98 Å². The molecule has 3 rings (SSSR count). The number of nitrogens with zero attached hydrogens (tertiary/aromatic N) is 1. The zero-order chi connectivity index (χ0) is 17.1. The normalized spacial score (nSPS) is 10.5. The van der Waals surface area contributed by atoms with E-state index in [0.717, 1.165) is 22.1 Å². The molecule has 122 valence electrons. The van der Waals surface area contributed by atoms with E-state index in [1.165, 1.54) is 29.6 Å². The molecule has 3 aromatic rings. The minimum absolute atomic E-state index is 0.353. The van der Waals surface area contributed by atoms with E-state index in [1.807, 2.05) is 17.5 Å². The summed E-state index contributed by atoms with van der Waals surface area (Å²) in [5.74, 6) is -0.353. The van der Waals surface area contributed by atoms with E-state index in [1.54, 1.807) is 12.1 Å². The third-order valence-corrected chi connectivity index (χ3v) is 4.47. The van der Waals surface area contributed by atoms with Gasteiger partial charge >= 0.3 is 5.97 Å². The minimum atomic E-state index is -0.353. The molecule has 0 fully saturated rings. The number of hydrogen-bond donors (Lipinski definition) is 1. The van der Waals surface area contributed by atoms with Gasteiger partial charge in [0, 0.05) is 16.6 Å². The second-order valence-corrected chi connectivity index (χ2v) is 6.41. The largest absolute Gasteiger partial charge is 0.465 e. The first kappa shape index (κ1) is 16.2. The Morgan fingerprint density at radius 2 is 2.00 bits per heavy atom. The molecule has 0 atom stereocenters. The van der Waals surface area contributed by atoms with Crippen LogP contribution in [0, 0.1) is 13.8 Å². The highest BCUT2D eigenvalue weighted by Gasteiger charge is 2.09. The van der Waals surface area contributed by atoms with Crippen molar-refractivity contribution >= 4 is 28.1 Å². The first-order chi connectivity index (χ1) is 11.6. The number of hydrogen-bond acceptors (Lipinski definition) is 5. The molecule has 1 aromatic heterocycles. The Morgan fingerprint density at radius 3 is 2.79 bits per heavy atom. The molecule has 5 heteroatoms. The van der Waals surface area contributed by atoms with Crippen LogP contribution in [0.5, 0.6) is 0 Å². The van der Waals surface area contributed by atoms with Crippen LogP contribution in [0.25, 0.3) is 11.3 Å². The highest BCUT2D eigenvalue weighted by molar-refractivity contribution is 7.14. The van der Waals surface area contributed by atoms with E-state index < -0.39 is 0 Å². The molecule has 0 saturated carbocycles. The lowest BCUT2D eigenvalue weighted by Crippen LogP contribution is -2.01. The number of carbonyl (C=O) groups is 1. The molecule has 4 nitrogen and oxygen atoms in total. The molecule has 0 aliphatic rings. The summed E-state index contributed by atoms with van der Waals surface area (Å²) in [6, 6.07) is 13.5. The molecule has 24 heavy (non-hydrogen) atoms. The maximum absolute atomic E-state index is 11.6. The van der Waals surface area contributed by atoms with Gasteiger partial charge in [0.05, 0.1) is 18.4 Å².